The first-order valence-electron chi connectivity index (χ1n) is 9.70. The van der Waals surface area contributed by atoms with Gasteiger partial charge in [0.25, 0.3) is 0 Å². The Morgan fingerprint density at radius 3 is 2.59 bits per heavy atom. The molecule has 2 aromatic heterocycles. The second kappa shape index (κ2) is 8.17. The van der Waals surface area contributed by atoms with Gasteiger partial charge in [0.1, 0.15) is 0 Å². The molecule has 148 valence electrons. The predicted octanol–water partition coefficient (Wildman–Crippen LogP) is 3.02. The molecule has 0 aromatic carbocycles. The lowest BCUT2D eigenvalue weighted by Crippen LogP contribution is -2.41. The SMILES string of the molecule is Cc1c(CN(C)C2CCN(C)CC2)sc2c(N3CCOCC3)nc(Cl)nc12. The van der Waals surface area contributed by atoms with Crippen molar-refractivity contribution < 1.29 is 4.74 Å². The first-order chi connectivity index (χ1) is 13.0. The number of aryl methyl sites for hydroxylation is 1. The van der Waals surface area contributed by atoms with Gasteiger partial charge in [0.05, 0.1) is 23.4 Å². The number of halogens is 1. The van der Waals surface area contributed by atoms with E-state index >= 15 is 0 Å². The Bertz CT molecular complexity index is 799. The number of anilines is 1. The van der Waals surface area contributed by atoms with Gasteiger partial charge in [-0.25, -0.2) is 4.98 Å². The van der Waals surface area contributed by atoms with Crippen LogP contribution in [0, 0.1) is 6.92 Å². The summed E-state index contributed by atoms with van der Waals surface area (Å²) in [6.07, 6.45) is 2.48. The molecule has 0 atom stereocenters. The lowest BCUT2D eigenvalue weighted by Gasteiger charge is -2.35. The number of piperidine rings is 1. The van der Waals surface area contributed by atoms with Crippen molar-refractivity contribution in [2.75, 3.05) is 58.4 Å². The Balaban J connectivity index is 1.61. The highest BCUT2D eigenvalue weighted by atomic mass is 35.5. The monoisotopic (exact) mass is 409 g/mol. The number of ether oxygens (including phenoxy) is 1. The van der Waals surface area contributed by atoms with Crippen molar-refractivity contribution >= 4 is 39.0 Å². The fourth-order valence-electron chi connectivity index (χ4n) is 4.02. The highest BCUT2D eigenvalue weighted by molar-refractivity contribution is 7.19. The van der Waals surface area contributed by atoms with Crippen molar-refractivity contribution in [1.82, 2.24) is 19.8 Å². The molecule has 0 saturated carbocycles. The smallest absolute Gasteiger partial charge is 0.224 e. The molecule has 0 bridgehead atoms. The molecule has 8 heteroatoms. The highest BCUT2D eigenvalue weighted by Crippen LogP contribution is 2.37. The number of fused-ring (bicyclic) bond motifs is 1. The molecule has 2 aromatic rings. The molecule has 0 aliphatic carbocycles. The van der Waals surface area contributed by atoms with Gasteiger partial charge in [0.2, 0.25) is 5.28 Å². The first-order valence-corrected chi connectivity index (χ1v) is 10.9. The van der Waals surface area contributed by atoms with Crippen molar-refractivity contribution in [2.45, 2.75) is 32.4 Å². The normalized spacial score (nSPS) is 20.1. The summed E-state index contributed by atoms with van der Waals surface area (Å²) in [6.45, 7) is 8.67. The van der Waals surface area contributed by atoms with Gasteiger partial charge in [-0.15, -0.1) is 11.3 Å². The molecule has 0 spiro atoms. The molecule has 6 nitrogen and oxygen atoms in total. The zero-order valence-electron chi connectivity index (χ0n) is 16.4. The minimum Gasteiger partial charge on any atom is -0.378 e. The lowest BCUT2D eigenvalue weighted by molar-refractivity contribution is 0.122. The number of hydrogen-bond donors (Lipinski definition) is 0. The summed E-state index contributed by atoms with van der Waals surface area (Å²) in [7, 11) is 4.46. The van der Waals surface area contributed by atoms with E-state index in [4.69, 9.17) is 16.3 Å². The van der Waals surface area contributed by atoms with E-state index in [0.29, 0.717) is 11.3 Å². The predicted molar refractivity (Wildman–Crippen MR) is 112 cm³/mol. The number of hydrogen-bond acceptors (Lipinski definition) is 7. The summed E-state index contributed by atoms with van der Waals surface area (Å²) < 4.78 is 6.65. The number of nitrogens with zero attached hydrogens (tertiary/aromatic N) is 5. The van der Waals surface area contributed by atoms with Gasteiger partial charge >= 0.3 is 0 Å². The van der Waals surface area contributed by atoms with Gasteiger partial charge in [-0.2, -0.15) is 4.98 Å². The molecule has 27 heavy (non-hydrogen) atoms. The standard InChI is InChI=1S/C19H28ClN5OS/c1-13-15(12-24(3)14-4-6-23(2)7-5-14)27-17-16(13)21-19(20)22-18(17)25-8-10-26-11-9-25/h14H,4-12H2,1-3H3. The molecule has 2 saturated heterocycles. The van der Waals surface area contributed by atoms with Crippen molar-refractivity contribution in [2.24, 2.45) is 0 Å². The van der Waals surface area contributed by atoms with Crippen LogP contribution in [0.25, 0.3) is 10.2 Å². The van der Waals surface area contributed by atoms with Crippen molar-refractivity contribution in [3.05, 3.63) is 15.7 Å². The van der Waals surface area contributed by atoms with Gasteiger partial charge in [0, 0.05) is 30.6 Å². The largest absolute Gasteiger partial charge is 0.378 e. The van der Waals surface area contributed by atoms with E-state index in [2.05, 4.69) is 45.7 Å². The van der Waals surface area contributed by atoms with Gasteiger partial charge in [-0.05, 0) is 64.1 Å². The van der Waals surface area contributed by atoms with Gasteiger partial charge < -0.3 is 14.5 Å². The summed E-state index contributed by atoms with van der Waals surface area (Å²) in [4.78, 5) is 17.7. The summed E-state index contributed by atoms with van der Waals surface area (Å²) in [6, 6.07) is 0.652. The van der Waals surface area contributed by atoms with Gasteiger partial charge in [-0.1, -0.05) is 0 Å². The maximum absolute atomic E-state index is 6.27. The molecule has 4 rings (SSSR count). The van der Waals surface area contributed by atoms with E-state index in [9.17, 15) is 0 Å². The number of thiophene rings is 1. The van der Waals surface area contributed by atoms with E-state index in [0.717, 1.165) is 48.9 Å². The Kier molecular flexibility index (Phi) is 5.85. The van der Waals surface area contributed by atoms with Crippen LogP contribution in [0.3, 0.4) is 0 Å². The molecule has 0 amide bonds. The lowest BCUT2D eigenvalue weighted by atomic mass is 10.0. The summed E-state index contributed by atoms with van der Waals surface area (Å²) >= 11 is 8.10. The van der Waals surface area contributed by atoms with Crippen LogP contribution in [-0.4, -0.2) is 79.3 Å². The van der Waals surface area contributed by atoms with Crippen LogP contribution in [0.15, 0.2) is 0 Å². The first kappa shape index (κ1) is 19.3. The van der Waals surface area contributed by atoms with E-state index in [1.165, 1.54) is 36.4 Å². The molecule has 2 aliphatic rings. The zero-order valence-corrected chi connectivity index (χ0v) is 17.9. The van der Waals surface area contributed by atoms with E-state index in [-0.39, 0.29) is 0 Å². The number of rotatable bonds is 4. The minimum atomic E-state index is 0.333. The number of aromatic nitrogens is 2. The molecule has 2 fully saturated rings. The maximum atomic E-state index is 6.27. The third-order valence-electron chi connectivity index (χ3n) is 5.83. The maximum Gasteiger partial charge on any atom is 0.224 e. The fraction of sp³-hybridized carbons (Fsp3) is 0.684. The molecule has 0 radical (unpaired) electrons. The van der Waals surface area contributed by atoms with Crippen molar-refractivity contribution in [3.8, 4) is 0 Å². The Labute approximate surface area is 170 Å². The average Bonchev–Trinajstić information content (AvgIpc) is 2.98. The molecule has 0 N–H and O–H groups in total. The summed E-state index contributed by atoms with van der Waals surface area (Å²) in [5.74, 6) is 0.967. The molecule has 0 unspecified atom stereocenters. The Morgan fingerprint density at radius 1 is 1.19 bits per heavy atom. The van der Waals surface area contributed by atoms with Crippen molar-refractivity contribution in [3.63, 3.8) is 0 Å². The summed E-state index contributed by atoms with van der Waals surface area (Å²) in [5.41, 5.74) is 2.25. The number of morpholine rings is 1. The molecular formula is C19H28ClN5OS. The number of likely N-dealkylation sites (tertiary alicyclic amines) is 1. The van der Waals surface area contributed by atoms with E-state index in [1.807, 2.05) is 11.3 Å². The third kappa shape index (κ3) is 4.07. The topological polar surface area (TPSA) is 44.7 Å². The molecule has 2 aliphatic heterocycles. The van der Waals surface area contributed by atoms with Crippen LogP contribution in [-0.2, 0) is 11.3 Å². The highest BCUT2D eigenvalue weighted by Gasteiger charge is 2.24. The molecular weight excluding hydrogens is 382 g/mol. The molecule has 4 heterocycles. The van der Waals surface area contributed by atoms with Crippen LogP contribution in [0.5, 0.6) is 0 Å². The van der Waals surface area contributed by atoms with Crippen LogP contribution < -0.4 is 4.90 Å². The zero-order chi connectivity index (χ0) is 19.0. The van der Waals surface area contributed by atoms with Crippen molar-refractivity contribution in [1.29, 1.82) is 0 Å². The Hall–Kier alpha value is -0.990. The quantitative estimate of drug-likeness (QED) is 0.723. The van der Waals surface area contributed by atoms with Crippen LogP contribution in [0.2, 0.25) is 5.28 Å². The van der Waals surface area contributed by atoms with Crippen LogP contribution >= 0.6 is 22.9 Å². The second-order valence-corrected chi connectivity index (χ2v) is 9.14. The van der Waals surface area contributed by atoms with E-state index in [1.54, 1.807) is 0 Å². The van der Waals surface area contributed by atoms with E-state index < -0.39 is 0 Å². The second-order valence-electron chi connectivity index (χ2n) is 7.69. The summed E-state index contributed by atoms with van der Waals surface area (Å²) in [5, 5.41) is 0.333. The minimum absolute atomic E-state index is 0.333. The van der Waals surface area contributed by atoms with Crippen LogP contribution in [0.1, 0.15) is 23.3 Å². The van der Waals surface area contributed by atoms with Crippen LogP contribution in [0.4, 0.5) is 5.82 Å². The van der Waals surface area contributed by atoms with Gasteiger partial charge in [-0.3, -0.25) is 4.90 Å². The fourth-order valence-corrected chi connectivity index (χ4v) is 5.51. The average molecular weight is 410 g/mol. The third-order valence-corrected chi connectivity index (χ3v) is 7.26. The van der Waals surface area contributed by atoms with Gasteiger partial charge in [0.15, 0.2) is 5.82 Å². The Morgan fingerprint density at radius 2 is 1.89 bits per heavy atom.